The van der Waals surface area contributed by atoms with Crippen LogP contribution in [0.5, 0.6) is 0 Å². The van der Waals surface area contributed by atoms with Crippen LogP contribution < -0.4 is 5.32 Å². The van der Waals surface area contributed by atoms with Gasteiger partial charge in [-0.05, 0) is 47.8 Å². The van der Waals surface area contributed by atoms with Crippen molar-refractivity contribution in [1.29, 1.82) is 0 Å². The summed E-state index contributed by atoms with van der Waals surface area (Å²) in [6, 6.07) is 3.32. The number of likely N-dealkylation sites (tertiary alicyclic amines) is 1. The van der Waals surface area contributed by atoms with E-state index in [1.807, 2.05) is 13.0 Å². The van der Waals surface area contributed by atoms with Crippen molar-refractivity contribution in [2.75, 3.05) is 18.4 Å². The predicted octanol–water partition coefficient (Wildman–Crippen LogP) is 3.35. The van der Waals surface area contributed by atoms with Crippen molar-refractivity contribution in [3.63, 3.8) is 0 Å². The zero-order valence-electron chi connectivity index (χ0n) is 11.4. The van der Waals surface area contributed by atoms with E-state index in [4.69, 9.17) is 0 Å². The van der Waals surface area contributed by atoms with Gasteiger partial charge in [0, 0.05) is 23.8 Å². The lowest BCUT2D eigenvalue weighted by atomic mass is 10.1. The smallest absolute Gasteiger partial charge is 0.291 e. The Hall–Kier alpha value is -0.790. The van der Waals surface area contributed by atoms with Gasteiger partial charge in [-0.1, -0.05) is 19.2 Å². The number of hydrogen-bond acceptors (Lipinski definition) is 4. The Kier molecular flexibility index (Phi) is 5.68. The van der Waals surface area contributed by atoms with Crippen LogP contribution in [0.25, 0.3) is 0 Å². The minimum absolute atomic E-state index is 0.0333. The molecule has 110 valence electrons. The molecule has 2 amide bonds. The number of aromatic nitrogens is 1. The molecule has 1 unspecified atom stereocenters. The number of amides is 2. The number of anilines is 1. The van der Waals surface area contributed by atoms with Crippen LogP contribution in [-0.4, -0.2) is 39.5 Å². The summed E-state index contributed by atoms with van der Waals surface area (Å²) in [6.07, 6.45) is 5.25. The normalized spacial score (nSPS) is 17.6. The van der Waals surface area contributed by atoms with Gasteiger partial charge in [0.2, 0.25) is 0 Å². The minimum atomic E-state index is -0.263. The van der Waals surface area contributed by atoms with E-state index in [2.05, 4.69) is 43.9 Å². The van der Waals surface area contributed by atoms with Crippen molar-refractivity contribution in [2.24, 2.45) is 0 Å². The number of thiol groups is 1. The lowest BCUT2D eigenvalue weighted by Crippen LogP contribution is -2.48. The van der Waals surface area contributed by atoms with Gasteiger partial charge >= 0.3 is 6.03 Å². The summed E-state index contributed by atoms with van der Waals surface area (Å²) in [5.41, 5.74) is 0. The number of rotatable bonds is 3. The number of halogens is 1. The molecule has 1 aromatic rings. The molecular weight excluding hydrogens is 340 g/mol. The van der Waals surface area contributed by atoms with Gasteiger partial charge < -0.3 is 0 Å². The van der Waals surface area contributed by atoms with E-state index < -0.39 is 0 Å². The molecular formula is C13H19BrN4OS. The summed E-state index contributed by atoms with van der Waals surface area (Å²) in [4.78, 5) is 18.5. The second-order valence-corrected chi connectivity index (χ2v) is 6.21. The van der Waals surface area contributed by atoms with Crippen LogP contribution >= 0.6 is 28.7 Å². The average Bonchev–Trinajstić information content (AvgIpc) is 2.49. The zero-order chi connectivity index (χ0) is 14.5. The number of carbonyl (C=O) groups is 1. The summed E-state index contributed by atoms with van der Waals surface area (Å²) in [7, 11) is 0. The molecule has 0 bridgehead atoms. The average molecular weight is 359 g/mol. The predicted molar refractivity (Wildman–Crippen MR) is 86.7 cm³/mol. The third-order valence-electron chi connectivity index (χ3n) is 3.44. The standard InChI is InChI=1S/C13H19BrN4OS/c1-10(17-7-3-2-4-8-17)18(20)13(19)16-12-6-5-11(14)9-15-12/h5-6,9-10,20H,2-4,7-8H2,1H3,(H,15,16,19). The monoisotopic (exact) mass is 358 g/mol. The third-order valence-corrected chi connectivity index (χ3v) is 4.43. The van der Waals surface area contributed by atoms with Crippen LogP contribution in [0.1, 0.15) is 26.2 Å². The van der Waals surface area contributed by atoms with Crippen LogP contribution in [0.3, 0.4) is 0 Å². The Labute approximate surface area is 133 Å². The van der Waals surface area contributed by atoms with Crippen molar-refractivity contribution in [1.82, 2.24) is 14.2 Å². The molecule has 2 rings (SSSR count). The number of piperidine rings is 1. The first kappa shape index (κ1) is 15.6. The van der Waals surface area contributed by atoms with Crippen LogP contribution in [0, 0.1) is 0 Å². The molecule has 1 aliphatic heterocycles. The topological polar surface area (TPSA) is 48.5 Å². The molecule has 7 heteroatoms. The lowest BCUT2D eigenvalue weighted by Gasteiger charge is -2.36. The molecule has 0 aromatic carbocycles. The van der Waals surface area contributed by atoms with Crippen molar-refractivity contribution < 1.29 is 4.79 Å². The van der Waals surface area contributed by atoms with Gasteiger partial charge in [0.15, 0.2) is 0 Å². The van der Waals surface area contributed by atoms with E-state index >= 15 is 0 Å². The van der Waals surface area contributed by atoms with E-state index in [0.717, 1.165) is 17.6 Å². The van der Waals surface area contributed by atoms with Gasteiger partial charge in [-0.25, -0.2) is 9.78 Å². The highest BCUT2D eigenvalue weighted by Crippen LogP contribution is 2.17. The van der Waals surface area contributed by atoms with Crippen molar-refractivity contribution in [2.45, 2.75) is 32.4 Å². The molecule has 1 saturated heterocycles. The lowest BCUT2D eigenvalue weighted by molar-refractivity contribution is 0.114. The maximum absolute atomic E-state index is 12.1. The Morgan fingerprint density at radius 1 is 1.45 bits per heavy atom. The molecule has 1 N–H and O–H groups in total. The summed E-state index contributed by atoms with van der Waals surface area (Å²) < 4.78 is 2.30. The van der Waals surface area contributed by atoms with Crippen molar-refractivity contribution in [3.8, 4) is 0 Å². The summed E-state index contributed by atoms with van der Waals surface area (Å²) in [6.45, 7) is 4.02. The number of carbonyl (C=O) groups excluding carboxylic acids is 1. The first-order chi connectivity index (χ1) is 9.58. The highest BCUT2D eigenvalue weighted by Gasteiger charge is 2.24. The highest BCUT2D eigenvalue weighted by molar-refractivity contribution is 9.10. The molecule has 0 saturated carbocycles. The van der Waals surface area contributed by atoms with Crippen LogP contribution in [0.2, 0.25) is 0 Å². The Morgan fingerprint density at radius 2 is 2.15 bits per heavy atom. The number of nitrogens with zero attached hydrogens (tertiary/aromatic N) is 3. The maximum Gasteiger partial charge on any atom is 0.334 e. The van der Waals surface area contributed by atoms with Crippen LogP contribution in [-0.2, 0) is 0 Å². The second-order valence-electron chi connectivity index (χ2n) is 4.86. The molecule has 1 aliphatic rings. The largest absolute Gasteiger partial charge is 0.334 e. The quantitative estimate of drug-likeness (QED) is 0.814. The van der Waals surface area contributed by atoms with Crippen molar-refractivity contribution >= 4 is 40.6 Å². The fraction of sp³-hybridized carbons (Fsp3) is 0.538. The fourth-order valence-electron chi connectivity index (χ4n) is 2.23. The first-order valence-corrected chi connectivity index (χ1v) is 7.92. The summed E-state index contributed by atoms with van der Waals surface area (Å²) >= 11 is 7.63. The number of pyridine rings is 1. The highest BCUT2D eigenvalue weighted by atomic mass is 79.9. The van der Waals surface area contributed by atoms with E-state index in [-0.39, 0.29) is 12.2 Å². The number of urea groups is 1. The molecule has 1 aromatic heterocycles. The maximum atomic E-state index is 12.1. The van der Waals surface area contributed by atoms with Crippen LogP contribution in [0.4, 0.5) is 10.6 Å². The van der Waals surface area contributed by atoms with E-state index in [1.54, 1.807) is 12.3 Å². The van der Waals surface area contributed by atoms with Gasteiger partial charge in [0.25, 0.3) is 0 Å². The van der Waals surface area contributed by atoms with Gasteiger partial charge in [0.1, 0.15) is 5.82 Å². The summed E-state index contributed by atoms with van der Waals surface area (Å²) in [5, 5.41) is 2.74. The SMILES string of the molecule is CC(N1CCCCC1)N(S)C(=O)Nc1ccc(Br)cn1. The van der Waals surface area contributed by atoms with Gasteiger partial charge in [-0.3, -0.25) is 14.5 Å². The molecule has 5 nitrogen and oxygen atoms in total. The molecule has 2 heterocycles. The van der Waals surface area contributed by atoms with Crippen LogP contribution in [0.15, 0.2) is 22.8 Å². The molecule has 0 radical (unpaired) electrons. The summed E-state index contributed by atoms with van der Waals surface area (Å²) in [5.74, 6) is 0.517. The fourth-order valence-corrected chi connectivity index (χ4v) is 2.66. The molecule has 1 fully saturated rings. The van der Waals surface area contributed by atoms with Crippen molar-refractivity contribution in [3.05, 3.63) is 22.8 Å². The minimum Gasteiger partial charge on any atom is -0.291 e. The van der Waals surface area contributed by atoms with Gasteiger partial charge in [0.05, 0.1) is 6.17 Å². The molecule has 20 heavy (non-hydrogen) atoms. The number of nitrogens with one attached hydrogen (secondary N) is 1. The van der Waals surface area contributed by atoms with E-state index in [1.165, 1.54) is 23.6 Å². The van der Waals surface area contributed by atoms with E-state index in [0.29, 0.717) is 5.82 Å². The second kappa shape index (κ2) is 7.28. The Balaban J connectivity index is 1.92. The zero-order valence-corrected chi connectivity index (χ0v) is 13.9. The Bertz CT molecular complexity index is 450. The molecule has 0 aliphatic carbocycles. The molecule has 1 atom stereocenters. The number of hydrogen-bond donors (Lipinski definition) is 2. The molecule has 0 spiro atoms. The first-order valence-electron chi connectivity index (χ1n) is 6.72. The third kappa shape index (κ3) is 4.10. The Morgan fingerprint density at radius 3 is 2.75 bits per heavy atom. The van der Waals surface area contributed by atoms with E-state index in [9.17, 15) is 4.79 Å². The van der Waals surface area contributed by atoms with Gasteiger partial charge in [-0.15, -0.1) is 0 Å². The van der Waals surface area contributed by atoms with Gasteiger partial charge in [-0.2, -0.15) is 0 Å².